The molecule has 0 aromatic carbocycles. The molecule has 0 aromatic heterocycles. The SMILES string of the molecule is CCC1OC(CC2CCCCC2)=NS(=O)(=O)C12CC2. The molecule has 2 aliphatic carbocycles. The van der Waals surface area contributed by atoms with E-state index in [1.165, 1.54) is 32.1 Å². The van der Waals surface area contributed by atoms with Gasteiger partial charge in [0.2, 0.25) is 5.90 Å². The van der Waals surface area contributed by atoms with E-state index in [0.29, 0.717) is 31.1 Å². The first-order valence-corrected chi connectivity index (χ1v) is 9.01. The van der Waals surface area contributed by atoms with Crippen LogP contribution < -0.4 is 0 Å². The second-order valence-corrected chi connectivity index (χ2v) is 8.19. The Morgan fingerprint density at radius 2 is 1.95 bits per heavy atom. The number of nitrogens with zero attached hydrogens (tertiary/aromatic N) is 1. The van der Waals surface area contributed by atoms with Gasteiger partial charge in [-0.3, -0.25) is 0 Å². The molecule has 1 atom stereocenters. The van der Waals surface area contributed by atoms with E-state index in [9.17, 15) is 8.42 Å². The largest absolute Gasteiger partial charge is 0.475 e. The topological polar surface area (TPSA) is 55.7 Å². The van der Waals surface area contributed by atoms with Crippen LogP contribution in [0.15, 0.2) is 4.40 Å². The summed E-state index contributed by atoms with van der Waals surface area (Å²) < 4.78 is 33.9. The standard InChI is InChI=1S/C14H23NO3S/c1-2-12-14(8-9-14)19(16,17)15-13(18-12)10-11-6-4-3-5-7-11/h11-12H,2-10H2,1H3. The molecule has 1 unspecified atom stereocenters. The van der Waals surface area contributed by atoms with Gasteiger partial charge in [0.25, 0.3) is 10.0 Å². The van der Waals surface area contributed by atoms with Gasteiger partial charge >= 0.3 is 0 Å². The maximum atomic E-state index is 12.3. The molecule has 0 aromatic rings. The number of ether oxygens (including phenoxy) is 1. The van der Waals surface area contributed by atoms with Gasteiger partial charge in [0.1, 0.15) is 10.9 Å². The lowest BCUT2D eigenvalue weighted by molar-refractivity contribution is 0.153. The molecule has 108 valence electrons. The molecule has 2 fully saturated rings. The predicted octanol–water partition coefficient (Wildman–Crippen LogP) is 3.03. The van der Waals surface area contributed by atoms with Crippen LogP contribution in [0.2, 0.25) is 0 Å². The summed E-state index contributed by atoms with van der Waals surface area (Å²) in [5.41, 5.74) is 0. The molecule has 5 heteroatoms. The molecule has 0 saturated heterocycles. The van der Waals surface area contributed by atoms with Crippen LogP contribution in [0.3, 0.4) is 0 Å². The smallest absolute Gasteiger partial charge is 0.265 e. The Kier molecular flexibility index (Phi) is 3.36. The quantitative estimate of drug-likeness (QED) is 0.801. The Morgan fingerprint density at radius 1 is 1.26 bits per heavy atom. The fourth-order valence-electron chi connectivity index (χ4n) is 3.57. The summed E-state index contributed by atoms with van der Waals surface area (Å²) in [6.45, 7) is 2.00. The highest BCUT2D eigenvalue weighted by Gasteiger charge is 2.63. The Balaban J connectivity index is 1.77. The van der Waals surface area contributed by atoms with E-state index in [-0.39, 0.29) is 6.10 Å². The zero-order valence-corrected chi connectivity index (χ0v) is 12.4. The lowest BCUT2D eigenvalue weighted by Crippen LogP contribution is -2.43. The minimum absolute atomic E-state index is 0.173. The Morgan fingerprint density at radius 3 is 2.53 bits per heavy atom. The summed E-state index contributed by atoms with van der Waals surface area (Å²) in [4.78, 5) is 0. The number of hydrogen-bond acceptors (Lipinski definition) is 3. The number of sulfonamides is 1. The maximum Gasteiger partial charge on any atom is 0.265 e. The van der Waals surface area contributed by atoms with Crippen LogP contribution in [0.4, 0.5) is 0 Å². The molecule has 19 heavy (non-hydrogen) atoms. The molecule has 0 N–H and O–H groups in total. The molecular weight excluding hydrogens is 262 g/mol. The second-order valence-electron chi connectivity index (χ2n) is 6.25. The third-order valence-corrected chi connectivity index (χ3v) is 7.05. The van der Waals surface area contributed by atoms with Crippen LogP contribution in [0, 0.1) is 5.92 Å². The average Bonchev–Trinajstić information content (AvgIpc) is 3.17. The average molecular weight is 285 g/mol. The van der Waals surface area contributed by atoms with Crippen molar-refractivity contribution in [3.05, 3.63) is 0 Å². The highest BCUT2D eigenvalue weighted by molar-refractivity contribution is 7.92. The lowest BCUT2D eigenvalue weighted by Gasteiger charge is -2.32. The minimum Gasteiger partial charge on any atom is -0.475 e. The van der Waals surface area contributed by atoms with Crippen LogP contribution in [0.5, 0.6) is 0 Å². The monoisotopic (exact) mass is 285 g/mol. The van der Waals surface area contributed by atoms with E-state index in [0.717, 1.165) is 6.42 Å². The Labute approximate surface area is 115 Å². The van der Waals surface area contributed by atoms with Crippen molar-refractivity contribution >= 4 is 15.9 Å². The summed E-state index contributed by atoms with van der Waals surface area (Å²) >= 11 is 0. The van der Waals surface area contributed by atoms with Gasteiger partial charge < -0.3 is 4.74 Å². The third kappa shape index (κ3) is 2.30. The molecule has 1 spiro atoms. The molecule has 1 aliphatic heterocycles. The van der Waals surface area contributed by atoms with E-state index >= 15 is 0 Å². The van der Waals surface area contributed by atoms with Crippen molar-refractivity contribution in [1.29, 1.82) is 0 Å². The highest BCUT2D eigenvalue weighted by Crippen LogP contribution is 2.51. The van der Waals surface area contributed by atoms with Crippen LogP contribution >= 0.6 is 0 Å². The number of rotatable bonds is 3. The first kappa shape index (κ1) is 13.4. The molecular formula is C14H23NO3S. The minimum atomic E-state index is -3.35. The molecule has 3 rings (SSSR count). The fraction of sp³-hybridized carbons (Fsp3) is 0.929. The zero-order valence-electron chi connectivity index (χ0n) is 11.6. The molecule has 0 amide bonds. The summed E-state index contributed by atoms with van der Waals surface area (Å²) in [5.74, 6) is 1.05. The van der Waals surface area contributed by atoms with Gasteiger partial charge in [0.15, 0.2) is 0 Å². The summed E-state index contributed by atoms with van der Waals surface area (Å²) in [6, 6.07) is 0. The van der Waals surface area contributed by atoms with Gasteiger partial charge in [-0.25, -0.2) is 8.42 Å². The van der Waals surface area contributed by atoms with E-state index in [2.05, 4.69) is 4.40 Å². The normalized spacial score (nSPS) is 32.7. The first-order chi connectivity index (χ1) is 9.07. The maximum absolute atomic E-state index is 12.3. The van der Waals surface area contributed by atoms with Crippen molar-refractivity contribution < 1.29 is 13.2 Å². The van der Waals surface area contributed by atoms with E-state index < -0.39 is 14.8 Å². The molecule has 0 bridgehead atoms. The second kappa shape index (κ2) is 4.76. The van der Waals surface area contributed by atoms with Crippen LogP contribution in [-0.4, -0.2) is 25.2 Å². The predicted molar refractivity (Wildman–Crippen MR) is 74.7 cm³/mol. The van der Waals surface area contributed by atoms with Gasteiger partial charge in [-0.05, 0) is 38.0 Å². The van der Waals surface area contributed by atoms with Gasteiger partial charge in [0.05, 0.1) is 0 Å². The van der Waals surface area contributed by atoms with Gasteiger partial charge in [-0.1, -0.05) is 26.2 Å². The van der Waals surface area contributed by atoms with Gasteiger partial charge in [0, 0.05) is 6.42 Å². The zero-order chi connectivity index (χ0) is 13.5. The van der Waals surface area contributed by atoms with Crippen LogP contribution in [0.1, 0.15) is 64.7 Å². The highest BCUT2D eigenvalue weighted by atomic mass is 32.2. The number of hydrogen-bond donors (Lipinski definition) is 0. The summed E-state index contributed by atoms with van der Waals surface area (Å²) in [5, 5.41) is 0. The molecule has 3 aliphatic rings. The van der Waals surface area contributed by atoms with Gasteiger partial charge in [-0.2, -0.15) is 0 Å². The Bertz CT molecular complexity index is 473. The van der Waals surface area contributed by atoms with Crippen molar-refractivity contribution in [3.63, 3.8) is 0 Å². The van der Waals surface area contributed by atoms with Crippen molar-refractivity contribution in [2.24, 2.45) is 10.3 Å². The van der Waals surface area contributed by atoms with E-state index in [4.69, 9.17) is 4.74 Å². The van der Waals surface area contributed by atoms with Crippen LogP contribution in [-0.2, 0) is 14.8 Å². The van der Waals surface area contributed by atoms with Crippen molar-refractivity contribution in [3.8, 4) is 0 Å². The molecule has 2 saturated carbocycles. The van der Waals surface area contributed by atoms with Crippen LogP contribution in [0.25, 0.3) is 0 Å². The summed E-state index contributed by atoms with van der Waals surface area (Å²) in [7, 11) is -3.35. The lowest BCUT2D eigenvalue weighted by atomic mass is 9.87. The summed E-state index contributed by atoms with van der Waals surface area (Å²) in [6.07, 6.45) is 8.92. The Hall–Kier alpha value is -0.580. The molecule has 0 radical (unpaired) electrons. The van der Waals surface area contributed by atoms with Crippen molar-refractivity contribution in [2.45, 2.75) is 75.6 Å². The fourth-order valence-corrected chi connectivity index (χ4v) is 5.30. The van der Waals surface area contributed by atoms with E-state index in [1.807, 2.05) is 6.92 Å². The third-order valence-electron chi connectivity index (χ3n) is 4.90. The van der Waals surface area contributed by atoms with Crippen molar-refractivity contribution in [2.75, 3.05) is 0 Å². The first-order valence-electron chi connectivity index (χ1n) is 7.57. The van der Waals surface area contributed by atoms with Gasteiger partial charge in [-0.15, -0.1) is 4.40 Å². The van der Waals surface area contributed by atoms with E-state index in [1.54, 1.807) is 0 Å². The molecule has 1 heterocycles. The molecule has 4 nitrogen and oxygen atoms in total. The van der Waals surface area contributed by atoms with Crippen molar-refractivity contribution in [1.82, 2.24) is 0 Å².